The number of rotatable bonds is 0. The third-order valence-corrected chi connectivity index (χ3v) is 1.90. The Morgan fingerprint density at radius 3 is 3.00 bits per heavy atom. The summed E-state index contributed by atoms with van der Waals surface area (Å²) in [4.78, 5) is 1.55. The lowest BCUT2D eigenvalue weighted by Gasteiger charge is -2.28. The summed E-state index contributed by atoms with van der Waals surface area (Å²) in [6.07, 6.45) is 0. The molecule has 0 fully saturated rings. The van der Waals surface area contributed by atoms with Gasteiger partial charge in [-0.25, -0.2) is 0 Å². The van der Waals surface area contributed by atoms with E-state index in [9.17, 15) is 0 Å². The minimum absolute atomic E-state index is 0.339. The number of nitrogens with zero attached hydrogens (tertiary/aromatic N) is 4. The van der Waals surface area contributed by atoms with Gasteiger partial charge in [0.1, 0.15) is 0 Å². The van der Waals surface area contributed by atoms with Gasteiger partial charge >= 0.3 is 0 Å². The fraction of sp³-hybridized carbons (Fsp3) is 0.800. The number of aromatic nitrogens is 4. The summed E-state index contributed by atoms with van der Waals surface area (Å²) in [6.45, 7) is 4.15. The first-order chi connectivity index (χ1) is 5.27. The molecule has 0 amide bonds. The number of hydrogen-bond donors (Lipinski definition) is 2. The van der Waals surface area contributed by atoms with Crippen LogP contribution in [-0.4, -0.2) is 32.4 Å². The van der Waals surface area contributed by atoms with E-state index in [1.165, 1.54) is 0 Å². The molecule has 0 bridgehead atoms. The second kappa shape index (κ2) is 2.08. The molecule has 1 aliphatic rings. The summed E-state index contributed by atoms with van der Waals surface area (Å²) in [6, 6.07) is 0.694. The van der Waals surface area contributed by atoms with Crippen LogP contribution in [-0.2, 0) is 0 Å². The summed E-state index contributed by atoms with van der Waals surface area (Å²) in [5, 5.41) is 14.2. The van der Waals surface area contributed by atoms with Gasteiger partial charge in [0.25, 0.3) is 5.95 Å². The fourth-order valence-corrected chi connectivity index (χ4v) is 0.997. The molecule has 2 heterocycles. The molecule has 0 saturated carbocycles. The minimum atomic E-state index is 0.339. The lowest BCUT2D eigenvalue weighted by molar-refractivity contribution is 0.535. The average Bonchev–Trinajstić information content (AvgIpc) is 2.36. The number of nitrogens with one attached hydrogen (secondary N) is 2. The molecule has 60 valence electrons. The monoisotopic (exact) mass is 154 g/mol. The van der Waals surface area contributed by atoms with Gasteiger partial charge < -0.3 is 10.7 Å². The maximum absolute atomic E-state index is 3.77. The van der Waals surface area contributed by atoms with Gasteiger partial charge in [-0.3, -0.25) is 0 Å². The Bertz CT molecular complexity index is 231. The van der Waals surface area contributed by atoms with Crippen LogP contribution in [0.1, 0.15) is 13.8 Å². The Morgan fingerprint density at radius 2 is 2.18 bits per heavy atom. The van der Waals surface area contributed by atoms with Gasteiger partial charge in [-0.05, 0) is 24.3 Å². The van der Waals surface area contributed by atoms with E-state index in [0.29, 0.717) is 18.0 Å². The van der Waals surface area contributed by atoms with Crippen molar-refractivity contribution < 1.29 is 0 Å². The third kappa shape index (κ3) is 0.903. The van der Waals surface area contributed by atoms with Crippen molar-refractivity contribution in [1.82, 2.24) is 20.3 Å². The minimum Gasteiger partial charge on any atom is -0.347 e. The molecule has 6 nitrogen and oxygen atoms in total. The first-order valence-electron chi connectivity index (χ1n) is 3.59. The molecular formula is C5H10N6. The van der Waals surface area contributed by atoms with E-state index in [-0.39, 0.29) is 0 Å². The lowest BCUT2D eigenvalue weighted by Crippen LogP contribution is -2.45. The van der Waals surface area contributed by atoms with Crippen molar-refractivity contribution in [2.75, 3.05) is 10.7 Å². The zero-order valence-electron chi connectivity index (χ0n) is 6.44. The highest BCUT2D eigenvalue weighted by Crippen LogP contribution is 2.09. The van der Waals surface area contributed by atoms with E-state index in [4.69, 9.17) is 0 Å². The Balaban J connectivity index is 2.30. The number of tetrazole rings is 1. The van der Waals surface area contributed by atoms with Gasteiger partial charge in [-0.2, -0.15) is 0 Å². The maximum atomic E-state index is 3.77. The van der Waals surface area contributed by atoms with E-state index >= 15 is 0 Å². The Kier molecular flexibility index (Phi) is 1.21. The summed E-state index contributed by atoms with van der Waals surface area (Å²) in [7, 11) is 0. The van der Waals surface area contributed by atoms with E-state index < -0.39 is 0 Å². The van der Waals surface area contributed by atoms with Crippen LogP contribution < -0.4 is 10.7 Å². The molecule has 1 aromatic heterocycles. The van der Waals surface area contributed by atoms with Gasteiger partial charge in [0.05, 0.1) is 6.04 Å². The Morgan fingerprint density at radius 1 is 1.36 bits per heavy atom. The van der Waals surface area contributed by atoms with Crippen LogP contribution in [0, 0.1) is 0 Å². The summed E-state index contributed by atoms with van der Waals surface area (Å²) in [5.74, 6) is 0.676. The van der Waals surface area contributed by atoms with Gasteiger partial charge in [0.2, 0.25) is 0 Å². The molecule has 0 aliphatic carbocycles. The molecule has 0 unspecified atom stereocenters. The van der Waals surface area contributed by atoms with Crippen LogP contribution >= 0.6 is 0 Å². The zero-order valence-corrected chi connectivity index (χ0v) is 6.44. The topological polar surface area (TPSA) is 67.7 Å². The van der Waals surface area contributed by atoms with Gasteiger partial charge in [-0.15, -0.1) is 4.79 Å². The van der Waals surface area contributed by atoms with Crippen LogP contribution in [0.25, 0.3) is 0 Å². The molecule has 2 atom stereocenters. The van der Waals surface area contributed by atoms with Crippen molar-refractivity contribution in [3.63, 3.8) is 0 Å². The molecular weight excluding hydrogens is 144 g/mol. The summed E-state index contributed by atoms with van der Waals surface area (Å²) in [5.41, 5.74) is 3.11. The number of anilines is 1. The summed E-state index contributed by atoms with van der Waals surface area (Å²) < 4.78 is 0. The van der Waals surface area contributed by atoms with E-state index in [2.05, 4.69) is 40.1 Å². The molecule has 0 radical (unpaired) electrons. The molecule has 1 aliphatic heterocycles. The zero-order chi connectivity index (χ0) is 7.84. The molecule has 0 spiro atoms. The Hall–Kier alpha value is -1.33. The quantitative estimate of drug-likeness (QED) is 0.523. The smallest absolute Gasteiger partial charge is 0.263 e. The first-order valence-corrected chi connectivity index (χ1v) is 3.59. The molecule has 0 saturated heterocycles. The predicted octanol–water partition coefficient (Wildman–Crippen LogP) is -0.581. The van der Waals surface area contributed by atoms with Gasteiger partial charge in [0.15, 0.2) is 0 Å². The first kappa shape index (κ1) is 6.38. The van der Waals surface area contributed by atoms with Crippen LogP contribution in [0.3, 0.4) is 0 Å². The number of fused-ring (bicyclic) bond motifs is 1. The lowest BCUT2D eigenvalue weighted by atomic mass is 10.2. The average molecular weight is 154 g/mol. The van der Waals surface area contributed by atoms with E-state index in [1.807, 2.05) is 0 Å². The highest BCUT2D eigenvalue weighted by atomic mass is 15.7. The van der Waals surface area contributed by atoms with Crippen LogP contribution in [0.2, 0.25) is 0 Å². The SMILES string of the molecule is C[C@@H]1Nc2nnnn2N[C@H]1C. The largest absolute Gasteiger partial charge is 0.347 e. The third-order valence-electron chi connectivity index (χ3n) is 1.90. The van der Waals surface area contributed by atoms with Crippen molar-refractivity contribution in [3.05, 3.63) is 0 Å². The van der Waals surface area contributed by atoms with E-state index in [1.54, 1.807) is 4.79 Å². The van der Waals surface area contributed by atoms with Crippen molar-refractivity contribution in [2.24, 2.45) is 0 Å². The van der Waals surface area contributed by atoms with Crippen LogP contribution in [0.5, 0.6) is 0 Å². The number of hydrogen-bond acceptors (Lipinski definition) is 5. The van der Waals surface area contributed by atoms with Crippen molar-refractivity contribution >= 4 is 5.95 Å². The summed E-state index contributed by atoms with van der Waals surface area (Å²) >= 11 is 0. The Labute approximate surface area is 63.9 Å². The van der Waals surface area contributed by atoms with E-state index in [0.717, 1.165) is 0 Å². The normalized spacial score (nSPS) is 28.5. The highest BCUT2D eigenvalue weighted by molar-refractivity contribution is 5.29. The highest BCUT2D eigenvalue weighted by Gasteiger charge is 2.21. The second-order valence-corrected chi connectivity index (χ2v) is 2.77. The molecule has 2 rings (SSSR count). The van der Waals surface area contributed by atoms with Crippen molar-refractivity contribution in [2.45, 2.75) is 25.9 Å². The predicted molar refractivity (Wildman–Crippen MR) is 39.7 cm³/mol. The maximum Gasteiger partial charge on any atom is 0.263 e. The second-order valence-electron chi connectivity index (χ2n) is 2.77. The van der Waals surface area contributed by atoms with Gasteiger partial charge in [-0.1, -0.05) is 5.10 Å². The standard InChI is InChI=1S/C5H10N6/c1-3-4(2)8-11-5(6-3)7-9-10-11/h3-4,8H,1-2H3,(H,6,7,10)/t3-,4-/m0/s1. The molecule has 1 aromatic rings. The molecule has 0 aromatic carbocycles. The molecule has 6 heteroatoms. The molecule has 2 N–H and O–H groups in total. The molecule has 11 heavy (non-hydrogen) atoms. The van der Waals surface area contributed by atoms with Crippen LogP contribution in [0.4, 0.5) is 5.95 Å². The van der Waals surface area contributed by atoms with Crippen LogP contribution in [0.15, 0.2) is 0 Å². The fourth-order valence-electron chi connectivity index (χ4n) is 0.997. The van der Waals surface area contributed by atoms with Crippen molar-refractivity contribution in [1.29, 1.82) is 0 Å². The van der Waals surface area contributed by atoms with Crippen molar-refractivity contribution in [3.8, 4) is 0 Å². The van der Waals surface area contributed by atoms with Gasteiger partial charge in [0, 0.05) is 6.04 Å².